The molecule has 0 saturated carbocycles. The number of carbonyl (C=O) groups is 2. The average Bonchev–Trinajstić information content (AvgIpc) is 3.20. The Morgan fingerprint density at radius 2 is 2.16 bits per heavy atom. The molecule has 8 heteroatoms. The number of anilines is 1. The number of hydrogen-bond acceptors (Lipinski definition) is 6. The number of furan rings is 1. The number of likely N-dealkylation sites (tertiary alicyclic amines) is 1. The summed E-state index contributed by atoms with van der Waals surface area (Å²) in [4.78, 5) is 26.4. The lowest BCUT2D eigenvalue weighted by Gasteiger charge is -2.37. The number of amides is 2. The van der Waals surface area contributed by atoms with Gasteiger partial charge in [-0.3, -0.25) is 14.9 Å². The number of piperidine rings is 1. The van der Waals surface area contributed by atoms with Crippen LogP contribution >= 0.6 is 0 Å². The molecule has 1 aliphatic heterocycles. The van der Waals surface area contributed by atoms with Crippen molar-refractivity contribution in [2.75, 3.05) is 18.9 Å². The molecule has 134 valence electrons. The van der Waals surface area contributed by atoms with E-state index >= 15 is 0 Å². The molecule has 8 nitrogen and oxygen atoms in total. The number of aromatic nitrogens is 1. The van der Waals surface area contributed by atoms with Crippen molar-refractivity contribution in [2.24, 2.45) is 0 Å². The van der Waals surface area contributed by atoms with E-state index in [0.29, 0.717) is 11.5 Å². The van der Waals surface area contributed by atoms with Crippen LogP contribution in [0.3, 0.4) is 0 Å². The fraction of sp³-hybridized carbons (Fsp3) is 0.471. The minimum atomic E-state index is -0.760. The lowest BCUT2D eigenvalue weighted by molar-refractivity contribution is -0.137. The third-order valence-electron chi connectivity index (χ3n) is 4.70. The summed E-state index contributed by atoms with van der Waals surface area (Å²) >= 11 is 0. The fourth-order valence-electron chi connectivity index (χ4n) is 3.01. The predicted octanol–water partition coefficient (Wildman–Crippen LogP) is 1.78. The van der Waals surface area contributed by atoms with E-state index in [1.807, 2.05) is 14.0 Å². The highest BCUT2D eigenvalue weighted by atomic mass is 16.5. The molecule has 3 rings (SSSR count). The molecule has 0 spiro atoms. The van der Waals surface area contributed by atoms with Gasteiger partial charge in [-0.25, -0.2) is 0 Å². The summed E-state index contributed by atoms with van der Waals surface area (Å²) in [5.41, 5.74) is 0.747. The van der Waals surface area contributed by atoms with Gasteiger partial charge >= 0.3 is 11.8 Å². The molecule has 2 N–H and O–H groups in total. The molecular formula is C17H22N4O4. The summed E-state index contributed by atoms with van der Waals surface area (Å²) in [6.07, 6.45) is 3.39. The van der Waals surface area contributed by atoms with E-state index in [1.54, 1.807) is 25.3 Å². The minimum absolute atomic E-state index is 0.0431. The Balaban J connectivity index is 1.59. The quantitative estimate of drug-likeness (QED) is 0.822. The van der Waals surface area contributed by atoms with Crippen LogP contribution in [-0.4, -0.2) is 47.5 Å². The molecule has 1 aliphatic rings. The summed E-state index contributed by atoms with van der Waals surface area (Å²) in [5.74, 6) is -0.100. The predicted molar refractivity (Wildman–Crippen MR) is 90.8 cm³/mol. The molecule has 1 saturated heterocycles. The highest BCUT2D eigenvalue weighted by Gasteiger charge is 2.28. The van der Waals surface area contributed by atoms with Crippen molar-refractivity contribution in [3.8, 4) is 11.3 Å². The number of likely N-dealkylation sites (N-methyl/N-ethyl adjacent to an activating group) is 1. The molecule has 2 amide bonds. The first-order valence-corrected chi connectivity index (χ1v) is 8.29. The van der Waals surface area contributed by atoms with E-state index in [4.69, 9.17) is 8.94 Å². The molecular weight excluding hydrogens is 324 g/mol. The number of carbonyl (C=O) groups excluding carboxylic acids is 2. The molecule has 2 atom stereocenters. The van der Waals surface area contributed by atoms with Gasteiger partial charge in [-0.2, -0.15) is 0 Å². The summed E-state index contributed by atoms with van der Waals surface area (Å²) < 4.78 is 10.4. The highest BCUT2D eigenvalue weighted by molar-refractivity contribution is 6.39. The van der Waals surface area contributed by atoms with E-state index < -0.39 is 11.8 Å². The Kier molecular flexibility index (Phi) is 4.89. The molecule has 2 unspecified atom stereocenters. The van der Waals surface area contributed by atoms with Gasteiger partial charge in [0.25, 0.3) is 0 Å². The van der Waals surface area contributed by atoms with Crippen molar-refractivity contribution >= 4 is 17.6 Å². The van der Waals surface area contributed by atoms with Gasteiger partial charge in [0.2, 0.25) is 0 Å². The Bertz CT molecular complexity index is 766. The van der Waals surface area contributed by atoms with Crippen molar-refractivity contribution in [3.63, 3.8) is 0 Å². The first-order valence-electron chi connectivity index (χ1n) is 8.29. The molecule has 1 fully saturated rings. The van der Waals surface area contributed by atoms with Gasteiger partial charge in [-0.05, 0) is 46.3 Å². The molecule has 0 bridgehead atoms. The summed E-state index contributed by atoms with van der Waals surface area (Å²) in [7, 11) is 2.01. The van der Waals surface area contributed by atoms with E-state index in [-0.39, 0.29) is 17.9 Å². The van der Waals surface area contributed by atoms with Gasteiger partial charge in [-0.15, -0.1) is 0 Å². The maximum absolute atomic E-state index is 12.1. The van der Waals surface area contributed by atoms with Gasteiger partial charge in [0, 0.05) is 18.2 Å². The fourth-order valence-corrected chi connectivity index (χ4v) is 3.01. The minimum Gasteiger partial charge on any atom is -0.469 e. The average molecular weight is 346 g/mol. The van der Waals surface area contributed by atoms with E-state index in [9.17, 15) is 9.59 Å². The summed E-state index contributed by atoms with van der Waals surface area (Å²) in [6, 6.07) is 3.45. The van der Waals surface area contributed by atoms with E-state index in [0.717, 1.165) is 24.9 Å². The Morgan fingerprint density at radius 3 is 2.88 bits per heavy atom. The molecule has 0 aliphatic carbocycles. The second-order valence-electron chi connectivity index (χ2n) is 6.36. The molecule has 2 aromatic rings. The van der Waals surface area contributed by atoms with Crippen LogP contribution in [0.4, 0.5) is 5.82 Å². The first kappa shape index (κ1) is 17.2. The normalized spacial score (nSPS) is 21.1. The second-order valence-corrected chi connectivity index (χ2v) is 6.36. The zero-order valence-corrected chi connectivity index (χ0v) is 14.5. The van der Waals surface area contributed by atoms with Crippen molar-refractivity contribution in [1.29, 1.82) is 0 Å². The molecule has 2 aromatic heterocycles. The van der Waals surface area contributed by atoms with Crippen LogP contribution in [0.5, 0.6) is 0 Å². The van der Waals surface area contributed by atoms with Crippen molar-refractivity contribution in [2.45, 2.75) is 38.8 Å². The number of nitrogens with zero attached hydrogens (tertiary/aromatic N) is 2. The second kappa shape index (κ2) is 7.10. The van der Waals surface area contributed by atoms with Crippen LogP contribution in [-0.2, 0) is 9.59 Å². The standard InChI is InChI=1S/C17H22N4O4/c1-10-13(5-4-7-21(10)3)18-16(22)17(23)19-15-9-14(25-20-15)12-6-8-24-11(12)2/h6,8-10,13H,4-5,7H2,1-3H3,(H,18,22)(H,19,20,23). The molecule has 0 aromatic carbocycles. The van der Waals surface area contributed by atoms with Crippen LogP contribution in [0, 0.1) is 6.92 Å². The monoisotopic (exact) mass is 346 g/mol. The number of aryl methyl sites for hydroxylation is 1. The molecule has 3 heterocycles. The largest absolute Gasteiger partial charge is 0.469 e. The third kappa shape index (κ3) is 3.74. The smallest absolute Gasteiger partial charge is 0.314 e. The summed E-state index contributed by atoms with van der Waals surface area (Å²) in [6.45, 7) is 4.83. The van der Waals surface area contributed by atoms with E-state index in [2.05, 4.69) is 20.7 Å². The zero-order valence-electron chi connectivity index (χ0n) is 14.5. The van der Waals surface area contributed by atoms with Gasteiger partial charge in [0.1, 0.15) is 5.76 Å². The van der Waals surface area contributed by atoms with Crippen LogP contribution in [0.15, 0.2) is 27.3 Å². The van der Waals surface area contributed by atoms with Crippen LogP contribution in [0.1, 0.15) is 25.5 Å². The van der Waals surface area contributed by atoms with Gasteiger partial charge in [0.05, 0.1) is 11.8 Å². The topological polar surface area (TPSA) is 101 Å². The number of nitrogens with one attached hydrogen (secondary N) is 2. The maximum atomic E-state index is 12.1. The van der Waals surface area contributed by atoms with Crippen molar-refractivity contribution in [3.05, 3.63) is 24.2 Å². The van der Waals surface area contributed by atoms with Crippen LogP contribution in [0.25, 0.3) is 11.3 Å². The first-order chi connectivity index (χ1) is 12.0. The Morgan fingerprint density at radius 1 is 1.36 bits per heavy atom. The zero-order chi connectivity index (χ0) is 18.0. The van der Waals surface area contributed by atoms with Crippen molar-refractivity contribution < 1.29 is 18.5 Å². The van der Waals surface area contributed by atoms with Gasteiger partial charge in [0.15, 0.2) is 11.6 Å². The molecule has 0 radical (unpaired) electrons. The SMILES string of the molecule is Cc1occc1-c1cc(NC(=O)C(=O)NC2CCCN(C)C2C)no1. The third-order valence-corrected chi connectivity index (χ3v) is 4.70. The Labute approximate surface area is 145 Å². The van der Waals surface area contributed by atoms with Crippen LogP contribution < -0.4 is 10.6 Å². The van der Waals surface area contributed by atoms with Crippen molar-refractivity contribution in [1.82, 2.24) is 15.4 Å². The number of rotatable bonds is 3. The lowest BCUT2D eigenvalue weighted by Crippen LogP contribution is -2.54. The van der Waals surface area contributed by atoms with Gasteiger partial charge < -0.3 is 19.2 Å². The maximum Gasteiger partial charge on any atom is 0.314 e. The van der Waals surface area contributed by atoms with Crippen LogP contribution in [0.2, 0.25) is 0 Å². The summed E-state index contributed by atoms with van der Waals surface area (Å²) in [5, 5.41) is 9.03. The Hall–Kier alpha value is -2.61. The van der Waals surface area contributed by atoms with Gasteiger partial charge in [-0.1, -0.05) is 5.16 Å². The molecule has 25 heavy (non-hydrogen) atoms. The lowest BCUT2D eigenvalue weighted by atomic mass is 9.98. The number of hydrogen-bond donors (Lipinski definition) is 2. The highest BCUT2D eigenvalue weighted by Crippen LogP contribution is 2.26. The van der Waals surface area contributed by atoms with E-state index in [1.165, 1.54) is 0 Å².